The summed E-state index contributed by atoms with van der Waals surface area (Å²) in [6.07, 6.45) is 1.73. The van der Waals surface area contributed by atoms with E-state index < -0.39 is 0 Å². The van der Waals surface area contributed by atoms with Crippen LogP contribution >= 0.6 is 11.6 Å². The number of imidazole rings is 1. The Balaban J connectivity index is 1.74. The predicted molar refractivity (Wildman–Crippen MR) is 109 cm³/mol. The fraction of sp³-hybridized carbons (Fsp3) is 0.100. The molecular weight excluding hydrogens is 360 g/mol. The Morgan fingerprint density at radius 3 is 2.59 bits per heavy atom. The molecule has 4 aromatic rings. The number of rotatable bonds is 4. The first kappa shape index (κ1) is 17.2. The number of anilines is 1. The molecule has 2 heterocycles. The van der Waals surface area contributed by atoms with Crippen molar-refractivity contribution in [2.45, 2.75) is 13.8 Å². The summed E-state index contributed by atoms with van der Waals surface area (Å²) < 4.78 is 1.94. The zero-order valence-electron chi connectivity index (χ0n) is 14.9. The average Bonchev–Trinajstić information content (AvgIpc) is 2.98. The number of para-hydroxylation sites is 1. The van der Waals surface area contributed by atoms with E-state index in [4.69, 9.17) is 11.6 Å². The molecule has 0 atom stereocenters. The lowest BCUT2D eigenvalue weighted by molar-refractivity contribution is 0.985. The van der Waals surface area contributed by atoms with Gasteiger partial charge in [0.05, 0.1) is 6.21 Å². The fourth-order valence-corrected chi connectivity index (χ4v) is 3.09. The Morgan fingerprint density at radius 1 is 1.00 bits per heavy atom. The summed E-state index contributed by atoms with van der Waals surface area (Å²) in [5, 5.41) is 4.41. The molecule has 0 saturated heterocycles. The third-order valence-corrected chi connectivity index (χ3v) is 4.26. The standard InChI is InChI=1S/C20H17ClN6/c1-13-7-6-8-15(11-13)12-22-26-18-17-19(25-20(21)24-18)27(14(2)23-17)16-9-4-3-5-10-16/h3-12H,1-2H3,(H,24,25,26). The number of nitrogens with one attached hydrogen (secondary N) is 1. The van der Waals surface area contributed by atoms with E-state index in [0.717, 1.165) is 17.1 Å². The van der Waals surface area contributed by atoms with Crippen LogP contribution < -0.4 is 5.43 Å². The first-order valence-corrected chi connectivity index (χ1v) is 8.83. The quantitative estimate of drug-likeness (QED) is 0.323. The van der Waals surface area contributed by atoms with E-state index in [1.54, 1.807) is 6.21 Å². The first-order valence-electron chi connectivity index (χ1n) is 8.45. The second-order valence-electron chi connectivity index (χ2n) is 6.13. The molecule has 0 fully saturated rings. The van der Waals surface area contributed by atoms with E-state index in [0.29, 0.717) is 17.0 Å². The number of hydrogen-bond acceptors (Lipinski definition) is 5. The molecule has 0 spiro atoms. The van der Waals surface area contributed by atoms with E-state index in [1.807, 2.05) is 73.0 Å². The topological polar surface area (TPSA) is 68.0 Å². The maximum absolute atomic E-state index is 6.15. The van der Waals surface area contributed by atoms with Crippen LogP contribution in [-0.2, 0) is 0 Å². The van der Waals surface area contributed by atoms with Crippen molar-refractivity contribution in [3.05, 3.63) is 76.8 Å². The highest BCUT2D eigenvalue weighted by atomic mass is 35.5. The minimum absolute atomic E-state index is 0.132. The fourth-order valence-electron chi connectivity index (χ4n) is 2.92. The highest BCUT2D eigenvalue weighted by Crippen LogP contribution is 2.25. The molecule has 6 nitrogen and oxygen atoms in total. The van der Waals surface area contributed by atoms with Crippen LogP contribution in [-0.4, -0.2) is 25.7 Å². The van der Waals surface area contributed by atoms with Gasteiger partial charge in [0.25, 0.3) is 0 Å². The number of aromatic nitrogens is 4. The van der Waals surface area contributed by atoms with Crippen molar-refractivity contribution in [1.82, 2.24) is 19.5 Å². The summed E-state index contributed by atoms with van der Waals surface area (Å²) in [7, 11) is 0. The number of fused-ring (bicyclic) bond motifs is 1. The number of aryl methyl sites for hydroxylation is 2. The van der Waals surface area contributed by atoms with E-state index in [-0.39, 0.29) is 5.28 Å². The number of halogens is 1. The summed E-state index contributed by atoms with van der Waals surface area (Å²) in [6.45, 7) is 3.96. The highest BCUT2D eigenvalue weighted by Gasteiger charge is 2.16. The molecule has 1 N–H and O–H groups in total. The molecule has 0 aliphatic heterocycles. The predicted octanol–water partition coefficient (Wildman–Crippen LogP) is 4.53. The maximum Gasteiger partial charge on any atom is 0.226 e. The maximum atomic E-state index is 6.15. The van der Waals surface area contributed by atoms with Gasteiger partial charge in [0.15, 0.2) is 17.0 Å². The average molecular weight is 377 g/mol. The summed E-state index contributed by atoms with van der Waals surface area (Å²) in [4.78, 5) is 13.2. The Hall–Kier alpha value is -3.25. The Bertz CT molecular complexity index is 1130. The molecule has 0 aliphatic carbocycles. The number of benzene rings is 2. The van der Waals surface area contributed by atoms with Gasteiger partial charge in [-0.25, -0.2) is 4.98 Å². The van der Waals surface area contributed by atoms with Crippen LogP contribution in [0, 0.1) is 13.8 Å². The molecule has 0 unspecified atom stereocenters. The van der Waals surface area contributed by atoms with E-state index in [9.17, 15) is 0 Å². The van der Waals surface area contributed by atoms with Crippen molar-refractivity contribution in [3.8, 4) is 5.69 Å². The third kappa shape index (κ3) is 3.52. The van der Waals surface area contributed by atoms with Crippen LogP contribution in [0.2, 0.25) is 5.28 Å². The Labute approximate surface area is 161 Å². The molecule has 0 radical (unpaired) electrons. The van der Waals surface area contributed by atoms with Crippen LogP contribution in [0.3, 0.4) is 0 Å². The largest absolute Gasteiger partial charge is 0.281 e. The minimum Gasteiger partial charge on any atom is -0.281 e. The Morgan fingerprint density at radius 2 is 1.81 bits per heavy atom. The minimum atomic E-state index is 0.132. The van der Waals surface area contributed by atoms with Crippen LogP contribution in [0.4, 0.5) is 5.82 Å². The summed E-state index contributed by atoms with van der Waals surface area (Å²) in [6, 6.07) is 17.9. The smallest absolute Gasteiger partial charge is 0.226 e. The van der Waals surface area contributed by atoms with Crippen molar-refractivity contribution in [3.63, 3.8) is 0 Å². The SMILES string of the molecule is Cc1cccc(C=NNc2nc(Cl)nc3c2nc(C)n3-c2ccccc2)c1. The second-order valence-corrected chi connectivity index (χ2v) is 6.47. The van der Waals surface area contributed by atoms with Crippen molar-refractivity contribution >= 4 is 34.8 Å². The number of hydrazone groups is 1. The van der Waals surface area contributed by atoms with Gasteiger partial charge in [0.1, 0.15) is 5.82 Å². The molecule has 134 valence electrons. The molecule has 4 rings (SSSR count). The molecule has 0 saturated carbocycles. The first-order chi connectivity index (χ1) is 13.1. The number of hydrogen-bond donors (Lipinski definition) is 1. The zero-order valence-corrected chi connectivity index (χ0v) is 15.6. The molecule has 0 bridgehead atoms. The van der Waals surface area contributed by atoms with Crippen molar-refractivity contribution in [2.75, 3.05) is 5.43 Å². The van der Waals surface area contributed by atoms with Gasteiger partial charge in [-0.2, -0.15) is 15.1 Å². The molecule has 2 aromatic carbocycles. The molecule has 7 heteroatoms. The van der Waals surface area contributed by atoms with Crippen LogP contribution in [0.15, 0.2) is 59.7 Å². The summed E-state index contributed by atoms with van der Waals surface area (Å²) in [5.74, 6) is 1.25. The van der Waals surface area contributed by atoms with Gasteiger partial charge in [-0.05, 0) is 43.1 Å². The van der Waals surface area contributed by atoms with E-state index >= 15 is 0 Å². The van der Waals surface area contributed by atoms with Crippen LogP contribution in [0.25, 0.3) is 16.9 Å². The molecule has 27 heavy (non-hydrogen) atoms. The van der Waals surface area contributed by atoms with Gasteiger partial charge in [0, 0.05) is 5.69 Å². The Kier molecular flexibility index (Phi) is 4.56. The summed E-state index contributed by atoms with van der Waals surface area (Å²) >= 11 is 6.15. The lowest BCUT2D eigenvalue weighted by Crippen LogP contribution is -2.00. The summed E-state index contributed by atoms with van der Waals surface area (Å²) in [5.41, 5.74) is 7.31. The molecule has 0 aliphatic rings. The number of nitrogens with zero attached hydrogens (tertiary/aromatic N) is 5. The molecule has 0 amide bonds. The normalized spacial score (nSPS) is 11.4. The lowest BCUT2D eigenvalue weighted by Gasteiger charge is -2.06. The molecular formula is C20H17ClN6. The lowest BCUT2D eigenvalue weighted by atomic mass is 10.2. The van der Waals surface area contributed by atoms with E-state index in [2.05, 4.69) is 25.5 Å². The zero-order chi connectivity index (χ0) is 18.8. The van der Waals surface area contributed by atoms with E-state index in [1.165, 1.54) is 5.56 Å². The van der Waals surface area contributed by atoms with Crippen molar-refractivity contribution < 1.29 is 0 Å². The van der Waals surface area contributed by atoms with Crippen LogP contribution in [0.5, 0.6) is 0 Å². The van der Waals surface area contributed by atoms with Crippen molar-refractivity contribution in [2.24, 2.45) is 5.10 Å². The van der Waals surface area contributed by atoms with Gasteiger partial charge in [0.2, 0.25) is 5.28 Å². The second kappa shape index (κ2) is 7.17. The highest BCUT2D eigenvalue weighted by molar-refractivity contribution is 6.28. The van der Waals surface area contributed by atoms with Gasteiger partial charge in [-0.3, -0.25) is 9.99 Å². The monoisotopic (exact) mass is 376 g/mol. The van der Waals surface area contributed by atoms with Gasteiger partial charge >= 0.3 is 0 Å². The van der Waals surface area contributed by atoms with Gasteiger partial charge < -0.3 is 0 Å². The van der Waals surface area contributed by atoms with Gasteiger partial charge in [-0.1, -0.05) is 48.0 Å². The van der Waals surface area contributed by atoms with Crippen LogP contribution in [0.1, 0.15) is 17.0 Å². The molecule has 2 aromatic heterocycles. The van der Waals surface area contributed by atoms with Gasteiger partial charge in [-0.15, -0.1) is 0 Å². The third-order valence-electron chi connectivity index (χ3n) is 4.09. The van der Waals surface area contributed by atoms with Crippen molar-refractivity contribution in [1.29, 1.82) is 0 Å².